The Kier molecular flexibility index (Phi) is 5.30. The Bertz CT molecular complexity index is 424. The highest BCUT2D eigenvalue weighted by Gasteiger charge is 2.24. The molecule has 1 aromatic rings. The molecule has 18 heavy (non-hydrogen) atoms. The van der Waals surface area contributed by atoms with Crippen molar-refractivity contribution in [2.45, 2.75) is 24.0 Å². The predicted molar refractivity (Wildman–Crippen MR) is 74.2 cm³/mol. The van der Waals surface area contributed by atoms with Gasteiger partial charge < -0.3 is 10.5 Å². The van der Waals surface area contributed by atoms with E-state index in [-0.39, 0.29) is 17.1 Å². The van der Waals surface area contributed by atoms with E-state index in [1.165, 1.54) is 11.8 Å². The molecule has 0 saturated carbocycles. The number of nitrogen functional groups attached to an aromatic ring is 1. The smallest absolute Gasteiger partial charge is 0.247 e. The molecule has 0 bridgehead atoms. The van der Waals surface area contributed by atoms with Gasteiger partial charge in [-0.25, -0.2) is 5.84 Å². The number of hydrogen-bond donors (Lipinski definition) is 3. The molecule has 6 heteroatoms. The summed E-state index contributed by atoms with van der Waals surface area (Å²) in [5.41, 5.74) is 8.51. The second kappa shape index (κ2) is 6.51. The summed E-state index contributed by atoms with van der Waals surface area (Å²) in [6.07, 6.45) is 0. The van der Waals surface area contributed by atoms with E-state index in [1.807, 2.05) is 19.9 Å². The second-order valence-electron chi connectivity index (χ2n) is 4.20. The molecule has 0 saturated heterocycles. The SMILES string of the molecule is COc1cc(N)ccc1SC(C(=O)NN)C(C)C. The maximum absolute atomic E-state index is 11.7. The molecule has 1 rings (SSSR count). The zero-order chi connectivity index (χ0) is 13.7. The predicted octanol–water partition coefficient (Wildman–Crippen LogP) is 1.38. The van der Waals surface area contributed by atoms with E-state index in [2.05, 4.69) is 5.43 Å². The topological polar surface area (TPSA) is 90.4 Å². The van der Waals surface area contributed by atoms with Gasteiger partial charge in [0.25, 0.3) is 0 Å². The van der Waals surface area contributed by atoms with Crippen molar-refractivity contribution < 1.29 is 9.53 Å². The summed E-state index contributed by atoms with van der Waals surface area (Å²) in [4.78, 5) is 12.6. The third kappa shape index (κ3) is 3.54. The van der Waals surface area contributed by atoms with E-state index in [4.69, 9.17) is 16.3 Å². The Hall–Kier alpha value is -1.40. The standard InChI is InChI=1S/C12H19N3O2S/c1-7(2)11(12(16)15-14)18-10-5-4-8(13)6-9(10)17-3/h4-7,11H,13-14H2,1-3H3,(H,15,16). The summed E-state index contributed by atoms with van der Waals surface area (Å²) in [6.45, 7) is 3.94. The number of rotatable bonds is 5. The number of benzene rings is 1. The van der Waals surface area contributed by atoms with Crippen LogP contribution in [-0.4, -0.2) is 18.3 Å². The van der Waals surface area contributed by atoms with E-state index in [1.54, 1.807) is 19.2 Å². The average molecular weight is 269 g/mol. The minimum absolute atomic E-state index is 0.154. The third-order valence-electron chi connectivity index (χ3n) is 2.45. The lowest BCUT2D eigenvalue weighted by Crippen LogP contribution is -2.39. The van der Waals surface area contributed by atoms with Gasteiger partial charge in [-0.3, -0.25) is 10.2 Å². The Morgan fingerprint density at radius 1 is 1.44 bits per heavy atom. The van der Waals surface area contributed by atoms with Crippen LogP contribution < -0.4 is 21.7 Å². The van der Waals surface area contributed by atoms with Crippen molar-refractivity contribution in [1.29, 1.82) is 0 Å². The van der Waals surface area contributed by atoms with Crippen molar-refractivity contribution in [3.63, 3.8) is 0 Å². The van der Waals surface area contributed by atoms with Crippen LogP contribution in [0.1, 0.15) is 13.8 Å². The number of methoxy groups -OCH3 is 1. The van der Waals surface area contributed by atoms with Gasteiger partial charge in [-0.2, -0.15) is 0 Å². The summed E-state index contributed by atoms with van der Waals surface area (Å²) in [5, 5.41) is -0.271. The van der Waals surface area contributed by atoms with E-state index < -0.39 is 0 Å². The van der Waals surface area contributed by atoms with Crippen LogP contribution in [0.15, 0.2) is 23.1 Å². The molecular formula is C12H19N3O2S. The fourth-order valence-corrected chi connectivity index (χ4v) is 2.62. The maximum Gasteiger partial charge on any atom is 0.247 e. The summed E-state index contributed by atoms with van der Waals surface area (Å²) >= 11 is 1.42. The number of carbonyl (C=O) groups is 1. The summed E-state index contributed by atoms with van der Waals surface area (Å²) in [6, 6.07) is 5.36. The Morgan fingerprint density at radius 3 is 2.61 bits per heavy atom. The molecule has 0 aliphatic heterocycles. The molecule has 1 atom stereocenters. The lowest BCUT2D eigenvalue weighted by atomic mass is 10.1. The van der Waals surface area contributed by atoms with Gasteiger partial charge >= 0.3 is 0 Å². The van der Waals surface area contributed by atoms with Crippen LogP contribution in [-0.2, 0) is 4.79 Å². The molecule has 100 valence electrons. The molecule has 0 heterocycles. The quantitative estimate of drug-likeness (QED) is 0.247. The van der Waals surface area contributed by atoms with Gasteiger partial charge in [0.1, 0.15) is 5.75 Å². The number of ether oxygens (including phenoxy) is 1. The number of hydrogen-bond acceptors (Lipinski definition) is 5. The van der Waals surface area contributed by atoms with E-state index in [9.17, 15) is 4.79 Å². The molecule has 1 aromatic carbocycles. The van der Waals surface area contributed by atoms with E-state index in [0.29, 0.717) is 11.4 Å². The van der Waals surface area contributed by atoms with Crippen molar-refractivity contribution >= 4 is 23.4 Å². The van der Waals surface area contributed by atoms with E-state index >= 15 is 0 Å². The van der Waals surface area contributed by atoms with Gasteiger partial charge in [-0.15, -0.1) is 11.8 Å². The minimum Gasteiger partial charge on any atom is -0.496 e. The number of carbonyl (C=O) groups excluding carboxylic acids is 1. The number of amides is 1. The monoisotopic (exact) mass is 269 g/mol. The molecule has 0 spiro atoms. The first-order chi connectivity index (χ1) is 8.49. The highest BCUT2D eigenvalue weighted by Crippen LogP contribution is 2.36. The van der Waals surface area contributed by atoms with Crippen molar-refractivity contribution in [1.82, 2.24) is 5.43 Å². The molecule has 0 fully saturated rings. The Labute approximate surface area is 111 Å². The first-order valence-electron chi connectivity index (χ1n) is 5.60. The largest absolute Gasteiger partial charge is 0.496 e. The number of nitrogens with two attached hydrogens (primary N) is 2. The number of hydrazine groups is 1. The van der Waals surface area contributed by atoms with Crippen LogP contribution in [0.4, 0.5) is 5.69 Å². The molecule has 1 unspecified atom stereocenters. The molecule has 5 nitrogen and oxygen atoms in total. The summed E-state index contributed by atoms with van der Waals surface area (Å²) in [5.74, 6) is 5.81. The van der Waals surface area contributed by atoms with Crippen LogP contribution in [0, 0.1) is 5.92 Å². The van der Waals surface area contributed by atoms with Crippen LogP contribution in [0.25, 0.3) is 0 Å². The Morgan fingerprint density at radius 2 is 2.11 bits per heavy atom. The van der Waals surface area contributed by atoms with Gasteiger partial charge in [0.15, 0.2) is 0 Å². The van der Waals surface area contributed by atoms with Gasteiger partial charge in [0, 0.05) is 11.8 Å². The summed E-state index contributed by atoms with van der Waals surface area (Å²) in [7, 11) is 1.58. The minimum atomic E-state index is -0.271. The first-order valence-corrected chi connectivity index (χ1v) is 6.48. The molecule has 0 aromatic heterocycles. The fraction of sp³-hybridized carbons (Fsp3) is 0.417. The zero-order valence-corrected chi connectivity index (χ0v) is 11.6. The molecular weight excluding hydrogens is 250 g/mol. The number of thioether (sulfide) groups is 1. The molecule has 5 N–H and O–H groups in total. The molecule has 1 amide bonds. The van der Waals surface area contributed by atoms with Crippen molar-refractivity contribution in [2.24, 2.45) is 11.8 Å². The third-order valence-corrected chi connectivity index (χ3v) is 4.05. The fourth-order valence-electron chi connectivity index (χ4n) is 1.49. The number of nitrogens with one attached hydrogen (secondary N) is 1. The number of anilines is 1. The van der Waals surface area contributed by atoms with Gasteiger partial charge in [0.05, 0.1) is 17.3 Å². The van der Waals surface area contributed by atoms with Crippen LogP contribution in [0.2, 0.25) is 0 Å². The molecule has 0 aliphatic carbocycles. The van der Waals surface area contributed by atoms with Crippen LogP contribution in [0.5, 0.6) is 5.75 Å². The lowest BCUT2D eigenvalue weighted by Gasteiger charge is -2.19. The molecule has 0 aliphatic rings. The maximum atomic E-state index is 11.7. The Balaban J connectivity index is 2.97. The van der Waals surface area contributed by atoms with Crippen LogP contribution >= 0.6 is 11.8 Å². The average Bonchev–Trinajstić information content (AvgIpc) is 2.35. The molecule has 0 radical (unpaired) electrons. The van der Waals surface area contributed by atoms with Crippen molar-refractivity contribution in [3.8, 4) is 5.75 Å². The summed E-state index contributed by atoms with van der Waals surface area (Å²) < 4.78 is 5.26. The normalized spacial score (nSPS) is 12.3. The lowest BCUT2D eigenvalue weighted by molar-refractivity contribution is -0.121. The van der Waals surface area contributed by atoms with E-state index in [0.717, 1.165) is 4.90 Å². The van der Waals surface area contributed by atoms with Gasteiger partial charge in [-0.05, 0) is 18.1 Å². The second-order valence-corrected chi connectivity index (χ2v) is 5.38. The van der Waals surface area contributed by atoms with Crippen molar-refractivity contribution in [2.75, 3.05) is 12.8 Å². The van der Waals surface area contributed by atoms with Gasteiger partial charge in [0.2, 0.25) is 5.91 Å². The first kappa shape index (κ1) is 14.7. The zero-order valence-electron chi connectivity index (χ0n) is 10.8. The van der Waals surface area contributed by atoms with Gasteiger partial charge in [-0.1, -0.05) is 13.8 Å². The van der Waals surface area contributed by atoms with Crippen LogP contribution in [0.3, 0.4) is 0 Å². The van der Waals surface area contributed by atoms with Crippen molar-refractivity contribution in [3.05, 3.63) is 18.2 Å². The highest BCUT2D eigenvalue weighted by atomic mass is 32.2. The highest BCUT2D eigenvalue weighted by molar-refractivity contribution is 8.00.